The summed E-state index contributed by atoms with van der Waals surface area (Å²) in [5, 5.41) is 9.72. The molecule has 2 heterocycles. The SMILES string of the molecule is C#C[C@@]1(O)CCn2ccnc21.S. The van der Waals surface area contributed by atoms with Crippen molar-refractivity contribution in [2.45, 2.75) is 18.6 Å². The van der Waals surface area contributed by atoms with Crippen LogP contribution in [0.2, 0.25) is 0 Å². The van der Waals surface area contributed by atoms with E-state index < -0.39 is 5.60 Å². The molecule has 0 fully saturated rings. The molecule has 1 aliphatic heterocycles. The summed E-state index contributed by atoms with van der Waals surface area (Å²) in [7, 11) is 0. The van der Waals surface area contributed by atoms with E-state index in [1.54, 1.807) is 6.20 Å². The summed E-state index contributed by atoms with van der Waals surface area (Å²) in [6.45, 7) is 0.760. The van der Waals surface area contributed by atoms with Gasteiger partial charge in [-0.25, -0.2) is 4.98 Å². The summed E-state index contributed by atoms with van der Waals surface area (Å²) in [6, 6.07) is 0. The fraction of sp³-hybridized carbons (Fsp3) is 0.375. The zero-order chi connectivity index (χ0) is 7.90. The molecule has 3 nitrogen and oxygen atoms in total. The Hall–Kier alpha value is -0.920. The van der Waals surface area contributed by atoms with Crippen LogP contribution in [0.3, 0.4) is 0 Å². The van der Waals surface area contributed by atoms with E-state index in [4.69, 9.17) is 6.42 Å². The largest absolute Gasteiger partial charge is 0.371 e. The number of fused-ring (bicyclic) bond motifs is 1. The van der Waals surface area contributed by atoms with Crippen molar-refractivity contribution in [3.63, 3.8) is 0 Å². The Labute approximate surface area is 77.9 Å². The quantitative estimate of drug-likeness (QED) is 0.583. The maximum atomic E-state index is 9.72. The van der Waals surface area contributed by atoms with E-state index >= 15 is 0 Å². The van der Waals surface area contributed by atoms with E-state index in [1.807, 2.05) is 10.8 Å². The number of aromatic nitrogens is 2. The standard InChI is InChI=1S/C8H8N2O.H2S/c1-2-8(11)3-5-10-6-4-9-7(8)10;/h1,4,6,11H,3,5H2;1H2/t8-;/m1./s1. The average Bonchev–Trinajstić information content (AvgIpc) is 2.55. The zero-order valence-electron chi connectivity index (χ0n) is 6.49. The minimum absolute atomic E-state index is 0. The first-order valence-corrected chi connectivity index (χ1v) is 3.48. The number of terminal acetylenes is 1. The van der Waals surface area contributed by atoms with Crippen molar-refractivity contribution in [2.75, 3.05) is 0 Å². The van der Waals surface area contributed by atoms with Crippen LogP contribution in [-0.2, 0) is 12.1 Å². The molecule has 64 valence electrons. The highest BCUT2D eigenvalue weighted by Gasteiger charge is 2.36. The molecule has 0 unspecified atom stereocenters. The Kier molecular flexibility index (Phi) is 2.18. The Morgan fingerprint density at radius 2 is 2.50 bits per heavy atom. The third kappa shape index (κ3) is 1.02. The molecule has 1 N–H and O–H groups in total. The number of rotatable bonds is 0. The van der Waals surface area contributed by atoms with Gasteiger partial charge in [0.2, 0.25) is 0 Å². The average molecular weight is 182 g/mol. The van der Waals surface area contributed by atoms with Crippen LogP contribution in [0, 0.1) is 12.3 Å². The molecule has 0 bridgehead atoms. The monoisotopic (exact) mass is 182 g/mol. The molecule has 0 aliphatic carbocycles. The van der Waals surface area contributed by atoms with E-state index in [0.717, 1.165) is 6.54 Å². The second-order valence-electron chi connectivity index (χ2n) is 2.70. The summed E-state index contributed by atoms with van der Waals surface area (Å²) in [5.74, 6) is 2.95. The van der Waals surface area contributed by atoms with E-state index in [9.17, 15) is 5.11 Å². The first kappa shape index (κ1) is 9.17. The van der Waals surface area contributed by atoms with Crippen LogP contribution in [0.15, 0.2) is 12.4 Å². The lowest BCUT2D eigenvalue weighted by Crippen LogP contribution is -2.20. The summed E-state index contributed by atoms with van der Waals surface area (Å²) >= 11 is 0. The summed E-state index contributed by atoms with van der Waals surface area (Å²) in [5.41, 5.74) is -1.12. The molecule has 0 saturated carbocycles. The Balaban J connectivity index is 0.000000720. The molecule has 0 aromatic carbocycles. The van der Waals surface area contributed by atoms with Crippen molar-refractivity contribution in [1.82, 2.24) is 9.55 Å². The highest BCUT2D eigenvalue weighted by Crippen LogP contribution is 2.29. The van der Waals surface area contributed by atoms with Gasteiger partial charge in [0, 0.05) is 25.4 Å². The van der Waals surface area contributed by atoms with Gasteiger partial charge in [-0.3, -0.25) is 0 Å². The van der Waals surface area contributed by atoms with Gasteiger partial charge in [0.25, 0.3) is 0 Å². The topological polar surface area (TPSA) is 38.0 Å². The van der Waals surface area contributed by atoms with Gasteiger partial charge in [-0.15, -0.1) is 6.42 Å². The minimum atomic E-state index is -1.12. The number of nitrogens with zero attached hydrogens (tertiary/aromatic N) is 2. The number of imidazole rings is 1. The van der Waals surface area contributed by atoms with Gasteiger partial charge in [-0.1, -0.05) is 5.92 Å². The summed E-state index contributed by atoms with van der Waals surface area (Å²) in [4.78, 5) is 3.99. The van der Waals surface area contributed by atoms with Gasteiger partial charge in [0.05, 0.1) is 0 Å². The van der Waals surface area contributed by atoms with Gasteiger partial charge in [-0.2, -0.15) is 13.5 Å². The van der Waals surface area contributed by atoms with Crippen molar-refractivity contribution >= 4 is 13.5 Å². The van der Waals surface area contributed by atoms with Gasteiger partial charge in [0.1, 0.15) is 0 Å². The normalized spacial score (nSPS) is 25.7. The maximum Gasteiger partial charge on any atom is 0.185 e. The van der Waals surface area contributed by atoms with Crippen LogP contribution in [0.25, 0.3) is 0 Å². The van der Waals surface area contributed by atoms with Crippen molar-refractivity contribution in [3.05, 3.63) is 18.2 Å². The smallest absolute Gasteiger partial charge is 0.185 e. The van der Waals surface area contributed by atoms with Crippen LogP contribution in [0.5, 0.6) is 0 Å². The lowest BCUT2D eigenvalue weighted by Gasteiger charge is -2.11. The fourth-order valence-electron chi connectivity index (χ4n) is 1.38. The number of hydrogen-bond donors (Lipinski definition) is 1. The molecule has 12 heavy (non-hydrogen) atoms. The van der Waals surface area contributed by atoms with E-state index in [0.29, 0.717) is 12.2 Å². The molecule has 2 rings (SSSR count). The van der Waals surface area contributed by atoms with E-state index in [1.165, 1.54) is 0 Å². The van der Waals surface area contributed by atoms with Crippen LogP contribution in [-0.4, -0.2) is 14.7 Å². The highest BCUT2D eigenvalue weighted by atomic mass is 32.1. The Morgan fingerprint density at radius 1 is 1.75 bits per heavy atom. The van der Waals surface area contributed by atoms with Crippen LogP contribution >= 0.6 is 13.5 Å². The number of aliphatic hydroxyl groups is 1. The molecule has 1 aliphatic rings. The zero-order valence-corrected chi connectivity index (χ0v) is 7.49. The van der Waals surface area contributed by atoms with Crippen LogP contribution in [0.4, 0.5) is 0 Å². The fourth-order valence-corrected chi connectivity index (χ4v) is 1.38. The third-order valence-electron chi connectivity index (χ3n) is 2.04. The van der Waals surface area contributed by atoms with Gasteiger partial charge in [0.15, 0.2) is 11.4 Å². The number of aryl methyl sites for hydroxylation is 1. The second kappa shape index (κ2) is 2.85. The molecular weight excluding hydrogens is 172 g/mol. The van der Waals surface area contributed by atoms with Crippen molar-refractivity contribution < 1.29 is 5.11 Å². The first-order chi connectivity index (χ1) is 5.26. The predicted molar refractivity (Wildman–Crippen MR) is 50.0 cm³/mol. The molecule has 0 saturated heterocycles. The first-order valence-electron chi connectivity index (χ1n) is 3.48. The lowest BCUT2D eigenvalue weighted by molar-refractivity contribution is 0.0982. The molecule has 1 aromatic rings. The molecule has 4 heteroatoms. The van der Waals surface area contributed by atoms with Gasteiger partial charge in [-0.05, 0) is 0 Å². The van der Waals surface area contributed by atoms with Gasteiger partial charge >= 0.3 is 0 Å². The van der Waals surface area contributed by atoms with Crippen LogP contribution in [0.1, 0.15) is 12.2 Å². The predicted octanol–water partition coefficient (Wildman–Crippen LogP) is 0.220. The molecule has 1 aromatic heterocycles. The lowest BCUT2D eigenvalue weighted by atomic mass is 10.0. The van der Waals surface area contributed by atoms with Crippen molar-refractivity contribution in [1.29, 1.82) is 0 Å². The van der Waals surface area contributed by atoms with Crippen molar-refractivity contribution in [3.8, 4) is 12.3 Å². The molecule has 0 radical (unpaired) electrons. The minimum Gasteiger partial charge on any atom is -0.371 e. The highest BCUT2D eigenvalue weighted by molar-refractivity contribution is 7.59. The molecular formula is C8H10N2OS. The Morgan fingerprint density at radius 3 is 3.17 bits per heavy atom. The third-order valence-corrected chi connectivity index (χ3v) is 2.04. The van der Waals surface area contributed by atoms with Crippen molar-refractivity contribution in [2.24, 2.45) is 0 Å². The summed E-state index contributed by atoms with van der Waals surface area (Å²) < 4.78 is 1.87. The van der Waals surface area contributed by atoms with Gasteiger partial charge < -0.3 is 9.67 Å². The maximum absolute atomic E-state index is 9.72. The molecule has 1 atom stereocenters. The van der Waals surface area contributed by atoms with E-state index in [2.05, 4.69) is 10.9 Å². The molecule has 0 amide bonds. The Bertz CT molecular complexity index is 328. The van der Waals surface area contributed by atoms with Crippen LogP contribution < -0.4 is 0 Å². The molecule has 0 spiro atoms. The second-order valence-corrected chi connectivity index (χ2v) is 2.70. The summed E-state index contributed by atoms with van der Waals surface area (Å²) in [6.07, 6.45) is 9.24. The van der Waals surface area contributed by atoms with E-state index in [-0.39, 0.29) is 13.5 Å². The number of hydrogen-bond acceptors (Lipinski definition) is 2.